The van der Waals surface area contributed by atoms with Crippen molar-refractivity contribution in [3.63, 3.8) is 0 Å². The molecule has 0 radical (unpaired) electrons. The van der Waals surface area contributed by atoms with Gasteiger partial charge < -0.3 is 5.32 Å². The highest BCUT2D eigenvalue weighted by Gasteiger charge is 2.27. The summed E-state index contributed by atoms with van der Waals surface area (Å²) in [6, 6.07) is 8.01. The molecule has 2 aromatic rings. The molecule has 2 rings (SSSR count). The van der Waals surface area contributed by atoms with Crippen molar-refractivity contribution >= 4 is 15.7 Å². The van der Waals surface area contributed by atoms with Crippen molar-refractivity contribution in [2.45, 2.75) is 31.2 Å². The average Bonchev–Trinajstić information content (AvgIpc) is 2.87. The highest BCUT2D eigenvalue weighted by atomic mass is 32.2. The number of rotatable bonds is 5. The average molecular weight is 349 g/mol. The molecule has 0 saturated carbocycles. The lowest BCUT2D eigenvalue weighted by atomic mass is 9.82. The quantitative estimate of drug-likeness (QED) is 0.893. The Morgan fingerprint density at radius 2 is 1.92 bits per heavy atom. The second-order valence-electron chi connectivity index (χ2n) is 6.64. The fraction of sp³-hybridized carbons (Fsp3) is 0.412. The number of nitrogens with zero attached hydrogens (tertiary/aromatic N) is 2. The molecule has 0 unspecified atom stereocenters. The molecule has 0 aliphatic rings. The molecule has 0 aliphatic heterocycles. The first kappa shape index (κ1) is 18.2. The summed E-state index contributed by atoms with van der Waals surface area (Å²) in [5.74, 6) is -0.440. The SMILES string of the molecule is Cc1ccccc1C(C)(C)CNC(=O)c1cnn(C)c1S(C)(=O)=O. The Bertz CT molecular complexity index is 867. The van der Waals surface area contributed by atoms with Crippen molar-refractivity contribution in [2.24, 2.45) is 7.05 Å². The van der Waals surface area contributed by atoms with Gasteiger partial charge in [0.1, 0.15) is 0 Å². The van der Waals surface area contributed by atoms with E-state index in [1.54, 1.807) is 0 Å². The largest absolute Gasteiger partial charge is 0.351 e. The molecule has 1 N–H and O–H groups in total. The fourth-order valence-corrected chi connectivity index (χ4v) is 3.92. The molecular formula is C17H23N3O3S. The second kappa shape index (κ2) is 6.39. The maximum absolute atomic E-state index is 12.5. The number of hydrogen-bond donors (Lipinski definition) is 1. The van der Waals surface area contributed by atoms with Gasteiger partial charge in [-0.1, -0.05) is 38.1 Å². The second-order valence-corrected chi connectivity index (χ2v) is 8.57. The van der Waals surface area contributed by atoms with Crippen LogP contribution in [0.3, 0.4) is 0 Å². The molecule has 1 aromatic carbocycles. The fourth-order valence-electron chi connectivity index (χ4n) is 2.85. The van der Waals surface area contributed by atoms with Crippen LogP contribution in [0.1, 0.15) is 35.3 Å². The first-order valence-corrected chi connectivity index (χ1v) is 9.49. The van der Waals surface area contributed by atoms with Crippen LogP contribution in [0.25, 0.3) is 0 Å². The minimum atomic E-state index is -3.54. The minimum Gasteiger partial charge on any atom is -0.351 e. The third-order valence-corrected chi connectivity index (χ3v) is 5.23. The lowest BCUT2D eigenvalue weighted by Gasteiger charge is -2.27. The van der Waals surface area contributed by atoms with Gasteiger partial charge in [-0.25, -0.2) is 8.42 Å². The van der Waals surface area contributed by atoms with Gasteiger partial charge in [-0.15, -0.1) is 0 Å². The summed E-state index contributed by atoms with van der Waals surface area (Å²) in [5.41, 5.74) is 2.07. The van der Waals surface area contributed by atoms with E-state index < -0.39 is 15.7 Å². The molecular weight excluding hydrogens is 326 g/mol. The Hall–Kier alpha value is -2.15. The standard InChI is InChI=1S/C17H23N3O3S/c1-12-8-6-7-9-14(12)17(2,3)11-18-15(21)13-10-19-20(4)16(13)24(5,22)23/h6-10H,11H2,1-5H3,(H,18,21). The van der Waals surface area contributed by atoms with Crippen molar-refractivity contribution in [1.82, 2.24) is 15.1 Å². The summed E-state index contributed by atoms with van der Waals surface area (Å²) >= 11 is 0. The van der Waals surface area contributed by atoms with Crippen molar-refractivity contribution in [3.05, 3.63) is 47.2 Å². The van der Waals surface area contributed by atoms with Crippen LogP contribution < -0.4 is 5.32 Å². The predicted octanol–water partition coefficient (Wildman–Crippen LogP) is 1.84. The van der Waals surface area contributed by atoms with Gasteiger partial charge in [-0.05, 0) is 18.1 Å². The van der Waals surface area contributed by atoms with Gasteiger partial charge in [0.25, 0.3) is 5.91 Å². The maximum atomic E-state index is 12.5. The summed E-state index contributed by atoms with van der Waals surface area (Å²) in [7, 11) is -2.03. The Morgan fingerprint density at radius 3 is 2.50 bits per heavy atom. The lowest BCUT2D eigenvalue weighted by molar-refractivity contribution is 0.0942. The highest BCUT2D eigenvalue weighted by molar-refractivity contribution is 7.90. The first-order valence-electron chi connectivity index (χ1n) is 7.60. The molecule has 0 fully saturated rings. The third-order valence-electron chi connectivity index (χ3n) is 4.05. The first-order chi connectivity index (χ1) is 11.0. The topological polar surface area (TPSA) is 81.1 Å². The van der Waals surface area contributed by atoms with Crippen molar-refractivity contribution in [1.29, 1.82) is 0 Å². The van der Waals surface area contributed by atoms with Crippen molar-refractivity contribution in [3.8, 4) is 0 Å². The summed E-state index contributed by atoms with van der Waals surface area (Å²) in [6.45, 7) is 6.49. The zero-order chi connectivity index (χ0) is 18.1. The van der Waals surface area contributed by atoms with Gasteiger partial charge >= 0.3 is 0 Å². The van der Waals surface area contributed by atoms with Crippen LogP contribution in [0, 0.1) is 6.92 Å². The zero-order valence-corrected chi connectivity index (χ0v) is 15.4. The molecule has 7 heteroatoms. The summed E-state index contributed by atoms with van der Waals surface area (Å²) in [5, 5.41) is 6.66. The van der Waals surface area contributed by atoms with E-state index >= 15 is 0 Å². The van der Waals surface area contributed by atoms with E-state index in [2.05, 4.69) is 10.4 Å². The number of aromatic nitrogens is 2. The zero-order valence-electron chi connectivity index (χ0n) is 14.6. The number of sulfone groups is 1. The predicted molar refractivity (Wildman–Crippen MR) is 92.9 cm³/mol. The van der Waals surface area contributed by atoms with Gasteiger partial charge in [-0.2, -0.15) is 5.10 Å². The number of carbonyl (C=O) groups is 1. The van der Waals surface area contributed by atoms with Crippen LogP contribution in [-0.4, -0.2) is 36.9 Å². The van der Waals surface area contributed by atoms with E-state index in [0.717, 1.165) is 17.4 Å². The van der Waals surface area contributed by atoms with E-state index in [4.69, 9.17) is 0 Å². The number of amides is 1. The van der Waals surface area contributed by atoms with E-state index in [-0.39, 0.29) is 16.0 Å². The maximum Gasteiger partial charge on any atom is 0.255 e. The molecule has 0 spiro atoms. The van der Waals surface area contributed by atoms with Crippen LogP contribution >= 0.6 is 0 Å². The van der Waals surface area contributed by atoms with E-state index in [1.165, 1.54) is 17.9 Å². The molecule has 130 valence electrons. The number of carbonyl (C=O) groups excluding carboxylic acids is 1. The number of hydrogen-bond acceptors (Lipinski definition) is 4. The van der Waals surface area contributed by atoms with Crippen molar-refractivity contribution in [2.75, 3.05) is 12.8 Å². The molecule has 0 aliphatic carbocycles. The molecule has 6 nitrogen and oxygen atoms in total. The summed E-state index contributed by atoms with van der Waals surface area (Å²) < 4.78 is 24.9. The highest BCUT2D eigenvalue weighted by Crippen LogP contribution is 2.25. The Morgan fingerprint density at radius 1 is 1.29 bits per heavy atom. The Balaban J connectivity index is 2.22. The van der Waals surface area contributed by atoms with Gasteiger partial charge in [0.2, 0.25) is 0 Å². The molecule has 1 heterocycles. The van der Waals surface area contributed by atoms with Crippen molar-refractivity contribution < 1.29 is 13.2 Å². The van der Waals surface area contributed by atoms with Gasteiger partial charge in [0.05, 0.1) is 11.8 Å². The van der Waals surface area contributed by atoms with Gasteiger partial charge in [0, 0.05) is 25.3 Å². The van der Waals surface area contributed by atoms with Gasteiger partial charge in [0.15, 0.2) is 14.9 Å². The van der Waals surface area contributed by atoms with E-state index in [0.29, 0.717) is 6.54 Å². The smallest absolute Gasteiger partial charge is 0.255 e. The van der Waals surface area contributed by atoms with Crippen LogP contribution in [0.15, 0.2) is 35.5 Å². The molecule has 0 bridgehead atoms. The third kappa shape index (κ3) is 3.67. The lowest BCUT2D eigenvalue weighted by Crippen LogP contribution is -2.37. The molecule has 24 heavy (non-hydrogen) atoms. The van der Waals surface area contributed by atoms with E-state index in [9.17, 15) is 13.2 Å². The van der Waals surface area contributed by atoms with Crippen LogP contribution in [0.4, 0.5) is 0 Å². The van der Waals surface area contributed by atoms with E-state index in [1.807, 2.05) is 45.0 Å². The van der Waals surface area contributed by atoms with Crippen LogP contribution in [-0.2, 0) is 22.3 Å². The number of benzene rings is 1. The summed E-state index contributed by atoms with van der Waals surface area (Å²) in [6.07, 6.45) is 2.35. The number of aryl methyl sites for hydroxylation is 2. The Kier molecular flexibility index (Phi) is 4.85. The minimum absolute atomic E-state index is 0.0700. The molecule has 0 atom stereocenters. The van der Waals surface area contributed by atoms with Crippen LogP contribution in [0.2, 0.25) is 0 Å². The molecule has 0 saturated heterocycles. The molecule has 1 amide bonds. The number of nitrogens with one attached hydrogen (secondary N) is 1. The van der Waals surface area contributed by atoms with Gasteiger partial charge in [-0.3, -0.25) is 9.48 Å². The molecule has 1 aromatic heterocycles. The monoisotopic (exact) mass is 349 g/mol. The Labute approximate surface area is 142 Å². The summed E-state index contributed by atoms with van der Waals surface area (Å²) in [4.78, 5) is 12.5. The normalized spacial score (nSPS) is 12.2. The van der Waals surface area contributed by atoms with Crippen LogP contribution in [0.5, 0.6) is 0 Å².